The van der Waals surface area contributed by atoms with Gasteiger partial charge in [0.05, 0.1) is 0 Å². The van der Waals surface area contributed by atoms with Gasteiger partial charge in [0.2, 0.25) is 5.91 Å². The van der Waals surface area contributed by atoms with Gasteiger partial charge in [0, 0.05) is 25.5 Å². The van der Waals surface area contributed by atoms with Crippen molar-refractivity contribution < 1.29 is 9.53 Å². The lowest BCUT2D eigenvalue weighted by molar-refractivity contribution is -0.135. The number of aromatic nitrogens is 1. The van der Waals surface area contributed by atoms with Crippen LogP contribution in [0.3, 0.4) is 0 Å². The summed E-state index contributed by atoms with van der Waals surface area (Å²) in [6, 6.07) is 1.95. The number of amides is 1. The summed E-state index contributed by atoms with van der Waals surface area (Å²) in [5.41, 5.74) is 1.08. The first-order valence-corrected chi connectivity index (χ1v) is 5.37. The van der Waals surface area contributed by atoms with Crippen LogP contribution in [0.4, 0.5) is 0 Å². The Balaban J connectivity index is 1.76. The van der Waals surface area contributed by atoms with E-state index in [1.807, 2.05) is 18.5 Å². The molecule has 0 aliphatic carbocycles. The van der Waals surface area contributed by atoms with Crippen LogP contribution in [0.1, 0.15) is 24.8 Å². The molecule has 1 aromatic rings. The lowest BCUT2D eigenvalue weighted by atomic mass is 10.1. The quantitative estimate of drug-likeness (QED) is 0.784. The molecular formula is C11H16N2O2. The van der Waals surface area contributed by atoms with Gasteiger partial charge in [0.25, 0.3) is 0 Å². The summed E-state index contributed by atoms with van der Waals surface area (Å²) in [6.45, 7) is 1.28. The van der Waals surface area contributed by atoms with E-state index in [4.69, 9.17) is 4.74 Å². The van der Waals surface area contributed by atoms with E-state index in [1.54, 1.807) is 0 Å². The molecule has 1 atom stereocenters. The van der Waals surface area contributed by atoms with Crippen LogP contribution in [-0.2, 0) is 16.1 Å². The van der Waals surface area contributed by atoms with Crippen molar-refractivity contribution in [2.75, 3.05) is 6.61 Å². The Morgan fingerprint density at radius 3 is 3.20 bits per heavy atom. The molecule has 0 aromatic carbocycles. The van der Waals surface area contributed by atoms with Gasteiger partial charge in [0.1, 0.15) is 6.10 Å². The molecule has 1 aliphatic heterocycles. The van der Waals surface area contributed by atoms with E-state index >= 15 is 0 Å². The Hall–Kier alpha value is -1.29. The van der Waals surface area contributed by atoms with E-state index in [2.05, 4.69) is 10.3 Å². The summed E-state index contributed by atoms with van der Waals surface area (Å²) in [6.07, 6.45) is 6.49. The summed E-state index contributed by atoms with van der Waals surface area (Å²) in [4.78, 5) is 14.6. The van der Waals surface area contributed by atoms with Crippen molar-refractivity contribution in [1.29, 1.82) is 0 Å². The first-order valence-electron chi connectivity index (χ1n) is 5.37. The van der Waals surface area contributed by atoms with Crippen molar-refractivity contribution in [1.82, 2.24) is 10.3 Å². The van der Waals surface area contributed by atoms with E-state index in [1.165, 1.54) is 0 Å². The van der Waals surface area contributed by atoms with Crippen LogP contribution < -0.4 is 5.32 Å². The summed E-state index contributed by atoms with van der Waals surface area (Å²) in [7, 11) is 0. The SMILES string of the molecule is O=C(NCc1cc[nH]c1)C1CCCCO1. The van der Waals surface area contributed by atoms with Gasteiger partial charge in [-0.1, -0.05) is 0 Å². The molecule has 0 saturated carbocycles. The fourth-order valence-electron chi connectivity index (χ4n) is 1.72. The van der Waals surface area contributed by atoms with Gasteiger partial charge in [0.15, 0.2) is 0 Å². The highest BCUT2D eigenvalue weighted by molar-refractivity contribution is 5.80. The number of aromatic amines is 1. The van der Waals surface area contributed by atoms with Crippen LogP contribution in [-0.4, -0.2) is 23.6 Å². The molecular weight excluding hydrogens is 192 g/mol. The van der Waals surface area contributed by atoms with Gasteiger partial charge >= 0.3 is 0 Å². The zero-order chi connectivity index (χ0) is 10.5. The van der Waals surface area contributed by atoms with Gasteiger partial charge in [-0.3, -0.25) is 4.79 Å². The maximum atomic E-state index is 11.6. The highest BCUT2D eigenvalue weighted by Gasteiger charge is 2.21. The number of H-pyrrole nitrogens is 1. The van der Waals surface area contributed by atoms with E-state index in [-0.39, 0.29) is 12.0 Å². The molecule has 2 rings (SSSR count). The Morgan fingerprint density at radius 1 is 1.60 bits per heavy atom. The minimum absolute atomic E-state index is 0.0101. The lowest BCUT2D eigenvalue weighted by Crippen LogP contribution is -2.37. The Bertz CT molecular complexity index is 302. The second-order valence-corrected chi connectivity index (χ2v) is 3.79. The molecule has 4 nitrogen and oxygen atoms in total. The highest BCUT2D eigenvalue weighted by Crippen LogP contribution is 2.12. The Labute approximate surface area is 89.0 Å². The minimum Gasteiger partial charge on any atom is -0.368 e. The number of rotatable bonds is 3. The molecule has 1 aliphatic rings. The summed E-state index contributed by atoms with van der Waals surface area (Å²) in [5.74, 6) is 0.0101. The molecule has 1 unspecified atom stereocenters. The molecule has 2 N–H and O–H groups in total. The van der Waals surface area contributed by atoms with E-state index < -0.39 is 0 Å². The predicted molar refractivity (Wildman–Crippen MR) is 56.2 cm³/mol. The first kappa shape index (κ1) is 10.2. The second-order valence-electron chi connectivity index (χ2n) is 3.79. The standard InChI is InChI=1S/C11H16N2O2/c14-11(10-3-1-2-6-15-10)13-8-9-4-5-12-7-9/h4-5,7,10,12H,1-3,6,8H2,(H,13,14). The summed E-state index contributed by atoms with van der Waals surface area (Å²) < 4.78 is 5.39. The highest BCUT2D eigenvalue weighted by atomic mass is 16.5. The van der Waals surface area contributed by atoms with Crippen molar-refractivity contribution in [3.8, 4) is 0 Å². The zero-order valence-electron chi connectivity index (χ0n) is 8.66. The number of carbonyl (C=O) groups excluding carboxylic acids is 1. The molecule has 0 spiro atoms. The zero-order valence-corrected chi connectivity index (χ0v) is 8.66. The molecule has 4 heteroatoms. The number of ether oxygens (including phenoxy) is 1. The minimum atomic E-state index is -0.238. The third-order valence-electron chi connectivity index (χ3n) is 2.60. The monoisotopic (exact) mass is 208 g/mol. The number of carbonyl (C=O) groups is 1. The average Bonchev–Trinajstić information content (AvgIpc) is 2.80. The number of hydrogen-bond acceptors (Lipinski definition) is 2. The van der Waals surface area contributed by atoms with Gasteiger partial charge < -0.3 is 15.0 Å². The van der Waals surface area contributed by atoms with Crippen molar-refractivity contribution in [2.45, 2.75) is 31.9 Å². The maximum absolute atomic E-state index is 11.6. The van der Waals surface area contributed by atoms with Crippen LogP contribution >= 0.6 is 0 Å². The van der Waals surface area contributed by atoms with Crippen molar-refractivity contribution in [3.05, 3.63) is 24.0 Å². The van der Waals surface area contributed by atoms with Crippen molar-refractivity contribution >= 4 is 5.91 Å². The summed E-state index contributed by atoms with van der Waals surface area (Å²) >= 11 is 0. The molecule has 2 heterocycles. The molecule has 1 amide bonds. The Kier molecular flexibility index (Phi) is 3.40. The topological polar surface area (TPSA) is 54.1 Å². The largest absolute Gasteiger partial charge is 0.368 e. The van der Waals surface area contributed by atoms with Gasteiger partial charge in [-0.2, -0.15) is 0 Å². The summed E-state index contributed by atoms with van der Waals surface area (Å²) in [5, 5.41) is 2.87. The molecule has 0 bridgehead atoms. The normalized spacial score (nSPS) is 21.2. The third-order valence-corrected chi connectivity index (χ3v) is 2.60. The second kappa shape index (κ2) is 4.98. The molecule has 82 valence electrons. The smallest absolute Gasteiger partial charge is 0.249 e. The molecule has 1 aromatic heterocycles. The van der Waals surface area contributed by atoms with Crippen LogP contribution in [0.15, 0.2) is 18.5 Å². The van der Waals surface area contributed by atoms with Crippen LogP contribution in [0.25, 0.3) is 0 Å². The van der Waals surface area contributed by atoms with Crippen molar-refractivity contribution in [3.63, 3.8) is 0 Å². The fourth-order valence-corrected chi connectivity index (χ4v) is 1.72. The average molecular weight is 208 g/mol. The van der Waals surface area contributed by atoms with Gasteiger partial charge in [-0.25, -0.2) is 0 Å². The van der Waals surface area contributed by atoms with E-state index in [0.29, 0.717) is 13.2 Å². The van der Waals surface area contributed by atoms with Crippen LogP contribution in [0.2, 0.25) is 0 Å². The van der Waals surface area contributed by atoms with Crippen molar-refractivity contribution in [2.24, 2.45) is 0 Å². The first-order chi connectivity index (χ1) is 7.36. The Morgan fingerprint density at radius 2 is 2.53 bits per heavy atom. The van der Waals surface area contributed by atoms with Gasteiger partial charge in [-0.05, 0) is 30.9 Å². The predicted octanol–water partition coefficient (Wildman–Crippen LogP) is 1.20. The molecule has 1 fully saturated rings. The van der Waals surface area contributed by atoms with Crippen LogP contribution in [0.5, 0.6) is 0 Å². The molecule has 0 radical (unpaired) electrons. The maximum Gasteiger partial charge on any atom is 0.249 e. The van der Waals surface area contributed by atoms with E-state index in [0.717, 1.165) is 24.8 Å². The third kappa shape index (κ3) is 2.83. The lowest BCUT2D eigenvalue weighted by Gasteiger charge is -2.21. The van der Waals surface area contributed by atoms with E-state index in [9.17, 15) is 4.79 Å². The fraction of sp³-hybridized carbons (Fsp3) is 0.545. The number of nitrogens with one attached hydrogen (secondary N) is 2. The molecule has 1 saturated heterocycles. The number of hydrogen-bond donors (Lipinski definition) is 2. The van der Waals surface area contributed by atoms with Crippen LogP contribution in [0, 0.1) is 0 Å². The van der Waals surface area contributed by atoms with Gasteiger partial charge in [-0.15, -0.1) is 0 Å². The molecule has 15 heavy (non-hydrogen) atoms.